The lowest BCUT2D eigenvalue weighted by Crippen LogP contribution is -2.27. The molecular weight excluding hydrogens is 338 g/mol. The fraction of sp³-hybridized carbons (Fsp3) is 0.217. The van der Waals surface area contributed by atoms with Gasteiger partial charge in [-0.2, -0.15) is 0 Å². The van der Waals surface area contributed by atoms with Gasteiger partial charge in [-0.3, -0.25) is 0 Å². The van der Waals surface area contributed by atoms with Crippen molar-refractivity contribution < 1.29 is 14.6 Å². The molecule has 0 radical (unpaired) electrons. The van der Waals surface area contributed by atoms with Crippen molar-refractivity contribution in [1.82, 2.24) is 4.98 Å². The van der Waals surface area contributed by atoms with E-state index >= 15 is 0 Å². The Morgan fingerprint density at radius 3 is 2.19 bits per heavy atom. The third-order valence-electron chi connectivity index (χ3n) is 4.34. The highest BCUT2D eigenvalue weighted by molar-refractivity contribution is 5.74. The van der Waals surface area contributed by atoms with Crippen molar-refractivity contribution in [3.05, 3.63) is 72.8 Å². The highest BCUT2D eigenvalue weighted by atomic mass is 16.5. The first-order chi connectivity index (χ1) is 13.2. The standard InChI is InChI=1S/C23H23NO3/c1-2-3-14-21(23(25)26)27-22-16-19(17-10-6-4-7-11-17)15-20(24-22)18-12-8-5-9-13-18/h4-13,15-16,21H,2-3,14H2,1H3,(H,25,26). The Morgan fingerprint density at radius 1 is 0.963 bits per heavy atom. The van der Waals surface area contributed by atoms with Gasteiger partial charge < -0.3 is 9.84 Å². The molecule has 138 valence electrons. The molecule has 0 aliphatic carbocycles. The number of unbranched alkanes of at least 4 members (excludes halogenated alkanes) is 1. The number of aromatic nitrogens is 1. The van der Waals surface area contributed by atoms with Crippen molar-refractivity contribution in [3.8, 4) is 28.3 Å². The summed E-state index contributed by atoms with van der Waals surface area (Å²) in [4.78, 5) is 16.1. The number of pyridine rings is 1. The molecule has 0 aliphatic heterocycles. The van der Waals surface area contributed by atoms with E-state index in [1.807, 2.05) is 79.7 Å². The minimum absolute atomic E-state index is 0.332. The van der Waals surface area contributed by atoms with Gasteiger partial charge in [-0.25, -0.2) is 9.78 Å². The number of rotatable bonds is 8. The van der Waals surface area contributed by atoms with Crippen LogP contribution in [0.5, 0.6) is 5.88 Å². The minimum atomic E-state index is -0.961. The topological polar surface area (TPSA) is 59.4 Å². The van der Waals surface area contributed by atoms with Gasteiger partial charge >= 0.3 is 5.97 Å². The lowest BCUT2D eigenvalue weighted by molar-refractivity contribution is -0.145. The lowest BCUT2D eigenvalue weighted by atomic mass is 10.0. The average molecular weight is 361 g/mol. The maximum atomic E-state index is 11.6. The smallest absolute Gasteiger partial charge is 0.344 e. The molecule has 0 amide bonds. The Morgan fingerprint density at radius 2 is 1.59 bits per heavy atom. The van der Waals surface area contributed by atoms with Crippen molar-refractivity contribution in [3.63, 3.8) is 0 Å². The van der Waals surface area contributed by atoms with Crippen LogP contribution in [0.4, 0.5) is 0 Å². The van der Waals surface area contributed by atoms with E-state index < -0.39 is 12.1 Å². The molecule has 0 aliphatic rings. The highest BCUT2D eigenvalue weighted by Crippen LogP contribution is 2.29. The number of carboxylic acids is 1. The molecule has 0 spiro atoms. The van der Waals surface area contributed by atoms with Gasteiger partial charge in [-0.1, -0.05) is 74.0 Å². The molecular formula is C23H23NO3. The molecule has 0 bridgehead atoms. The van der Waals surface area contributed by atoms with E-state index in [9.17, 15) is 9.90 Å². The monoisotopic (exact) mass is 361 g/mol. The molecule has 4 nitrogen and oxygen atoms in total. The molecule has 1 atom stereocenters. The zero-order valence-electron chi connectivity index (χ0n) is 15.3. The Hall–Kier alpha value is -3.14. The van der Waals surface area contributed by atoms with Gasteiger partial charge in [0.1, 0.15) is 0 Å². The summed E-state index contributed by atoms with van der Waals surface area (Å²) in [5.41, 5.74) is 3.69. The molecule has 1 N–H and O–H groups in total. The SMILES string of the molecule is CCCCC(Oc1cc(-c2ccccc2)cc(-c2ccccc2)n1)C(=O)O. The second-order valence-electron chi connectivity index (χ2n) is 6.40. The molecule has 27 heavy (non-hydrogen) atoms. The summed E-state index contributed by atoms with van der Waals surface area (Å²) in [5, 5.41) is 9.48. The number of aliphatic carboxylic acids is 1. The summed E-state index contributed by atoms with van der Waals surface area (Å²) in [6.45, 7) is 2.03. The van der Waals surface area contributed by atoms with Crippen LogP contribution in [0.2, 0.25) is 0 Å². The molecule has 0 saturated heterocycles. The third-order valence-corrected chi connectivity index (χ3v) is 4.34. The normalized spacial score (nSPS) is 11.7. The first-order valence-corrected chi connectivity index (χ1v) is 9.19. The predicted octanol–water partition coefficient (Wildman–Crippen LogP) is 5.44. The summed E-state index contributed by atoms with van der Waals surface area (Å²) in [6.07, 6.45) is 1.27. The highest BCUT2D eigenvalue weighted by Gasteiger charge is 2.20. The van der Waals surface area contributed by atoms with Gasteiger partial charge in [0.2, 0.25) is 5.88 Å². The zero-order chi connectivity index (χ0) is 19.1. The van der Waals surface area contributed by atoms with E-state index in [1.54, 1.807) is 0 Å². The van der Waals surface area contributed by atoms with Gasteiger partial charge in [0.05, 0.1) is 5.69 Å². The van der Waals surface area contributed by atoms with Gasteiger partial charge in [0.15, 0.2) is 6.10 Å². The van der Waals surface area contributed by atoms with Gasteiger partial charge in [-0.15, -0.1) is 0 Å². The maximum Gasteiger partial charge on any atom is 0.344 e. The first-order valence-electron chi connectivity index (χ1n) is 9.19. The third kappa shape index (κ3) is 4.94. The van der Waals surface area contributed by atoms with Crippen molar-refractivity contribution in [1.29, 1.82) is 0 Å². The lowest BCUT2D eigenvalue weighted by Gasteiger charge is -2.16. The number of carbonyl (C=O) groups is 1. The molecule has 4 heteroatoms. The van der Waals surface area contributed by atoms with Crippen LogP contribution in [0.15, 0.2) is 72.8 Å². The van der Waals surface area contributed by atoms with Gasteiger partial charge in [0, 0.05) is 11.6 Å². The van der Waals surface area contributed by atoms with Crippen molar-refractivity contribution >= 4 is 5.97 Å². The van der Waals surface area contributed by atoms with Gasteiger partial charge in [-0.05, 0) is 30.0 Å². The van der Waals surface area contributed by atoms with Crippen molar-refractivity contribution in [2.24, 2.45) is 0 Å². The predicted molar refractivity (Wildman–Crippen MR) is 107 cm³/mol. The Kier molecular flexibility index (Phi) is 6.21. The number of benzene rings is 2. The van der Waals surface area contributed by atoms with Gasteiger partial charge in [0.25, 0.3) is 0 Å². The van der Waals surface area contributed by atoms with E-state index in [0.717, 1.165) is 35.2 Å². The summed E-state index contributed by atoms with van der Waals surface area (Å²) >= 11 is 0. The van der Waals surface area contributed by atoms with Crippen LogP contribution in [-0.2, 0) is 4.79 Å². The van der Waals surface area contributed by atoms with Crippen LogP contribution < -0.4 is 4.74 Å². The van der Waals surface area contributed by atoms with E-state index in [1.165, 1.54) is 0 Å². The van der Waals surface area contributed by atoms with E-state index in [4.69, 9.17) is 4.74 Å². The maximum absolute atomic E-state index is 11.6. The molecule has 0 fully saturated rings. The second-order valence-corrected chi connectivity index (χ2v) is 6.40. The van der Waals surface area contributed by atoms with Crippen LogP contribution in [0.3, 0.4) is 0 Å². The van der Waals surface area contributed by atoms with E-state index in [0.29, 0.717) is 12.3 Å². The fourth-order valence-corrected chi connectivity index (χ4v) is 2.89. The number of hydrogen-bond acceptors (Lipinski definition) is 3. The molecule has 1 unspecified atom stereocenters. The average Bonchev–Trinajstić information content (AvgIpc) is 2.72. The summed E-state index contributed by atoms with van der Waals surface area (Å²) in [5.74, 6) is -0.629. The molecule has 1 aromatic heterocycles. The van der Waals surface area contributed by atoms with Crippen LogP contribution in [0.1, 0.15) is 26.2 Å². The fourth-order valence-electron chi connectivity index (χ4n) is 2.89. The number of hydrogen-bond donors (Lipinski definition) is 1. The minimum Gasteiger partial charge on any atom is -0.479 e. The zero-order valence-corrected chi connectivity index (χ0v) is 15.3. The first kappa shape index (κ1) is 18.6. The summed E-state index contributed by atoms with van der Waals surface area (Å²) in [6, 6.07) is 23.6. The van der Waals surface area contributed by atoms with E-state index in [-0.39, 0.29) is 0 Å². The number of ether oxygens (including phenoxy) is 1. The van der Waals surface area contributed by atoms with Crippen LogP contribution in [0.25, 0.3) is 22.4 Å². The van der Waals surface area contributed by atoms with E-state index in [2.05, 4.69) is 4.98 Å². The largest absolute Gasteiger partial charge is 0.479 e. The molecule has 3 rings (SSSR count). The Balaban J connectivity index is 2.01. The van der Waals surface area contributed by atoms with Crippen LogP contribution in [0, 0.1) is 0 Å². The molecule has 0 saturated carbocycles. The summed E-state index contributed by atoms with van der Waals surface area (Å²) < 4.78 is 5.79. The molecule has 1 heterocycles. The number of nitrogens with zero attached hydrogens (tertiary/aromatic N) is 1. The molecule has 2 aromatic carbocycles. The van der Waals surface area contributed by atoms with Crippen molar-refractivity contribution in [2.75, 3.05) is 0 Å². The van der Waals surface area contributed by atoms with Crippen molar-refractivity contribution in [2.45, 2.75) is 32.3 Å². The molecule has 3 aromatic rings. The Bertz CT molecular complexity index is 821. The number of carboxylic acid groups (broad SMARTS) is 1. The second kappa shape index (κ2) is 8.99. The summed E-state index contributed by atoms with van der Waals surface area (Å²) in [7, 11) is 0. The van der Waals surface area contributed by atoms with Crippen LogP contribution in [-0.4, -0.2) is 22.2 Å². The Labute approximate surface area is 159 Å². The van der Waals surface area contributed by atoms with Crippen LogP contribution >= 0.6 is 0 Å². The quantitative estimate of drug-likeness (QED) is 0.580.